The highest BCUT2D eigenvalue weighted by Crippen LogP contribution is 2.41. The molecule has 0 aromatic rings. The first kappa shape index (κ1) is 17.3. The number of rotatable bonds is 4. The summed E-state index contributed by atoms with van der Waals surface area (Å²) in [5.41, 5.74) is 0. The lowest BCUT2D eigenvalue weighted by Crippen LogP contribution is -2.24. The highest BCUT2D eigenvalue weighted by molar-refractivity contribution is 8.80. The van der Waals surface area contributed by atoms with E-state index in [0.717, 1.165) is 0 Å². The Kier molecular flexibility index (Phi) is 7.00. The molecule has 0 aromatic carbocycles. The van der Waals surface area contributed by atoms with Gasteiger partial charge in [0.05, 0.1) is 11.5 Å². The Morgan fingerprint density at radius 3 is 1.44 bits per heavy atom. The predicted octanol–water partition coefficient (Wildman–Crippen LogP) is 1.28. The molecule has 0 unspecified atom stereocenters. The van der Waals surface area contributed by atoms with E-state index in [-0.39, 0.29) is 22.0 Å². The van der Waals surface area contributed by atoms with Crippen LogP contribution in [0.2, 0.25) is 0 Å². The van der Waals surface area contributed by atoms with Crippen molar-refractivity contribution in [1.82, 2.24) is 0 Å². The smallest absolute Gasteiger partial charge is 0.266 e. The Hall–Kier alpha value is 1.22. The lowest BCUT2D eigenvalue weighted by Gasteiger charge is -2.21. The largest absolute Gasteiger partial charge is 0.286 e. The third-order valence-corrected chi connectivity index (χ3v) is 10.1. The molecule has 2 atom stereocenters. The van der Waals surface area contributed by atoms with Gasteiger partial charge >= 0.3 is 0 Å². The molecule has 1 fully saturated rings. The predicted molar refractivity (Wildman–Crippen MR) is 80.5 cm³/mol. The van der Waals surface area contributed by atoms with Crippen molar-refractivity contribution in [3.8, 4) is 0 Å². The lowest BCUT2D eigenvalue weighted by molar-refractivity contribution is 0.480. The van der Waals surface area contributed by atoms with Crippen LogP contribution in [0.1, 0.15) is 0 Å². The SMILES string of the molecule is O=S(=O)(O)C[C@@H]1CSSC[C@@H](CS(=O)(=O)O)SS1. The van der Waals surface area contributed by atoms with E-state index in [0.29, 0.717) is 11.5 Å². The molecule has 1 heterocycles. The topological polar surface area (TPSA) is 109 Å². The highest BCUT2D eigenvalue weighted by atomic mass is 33.1. The molecule has 0 amide bonds. The molecule has 2 N–H and O–H groups in total. The van der Waals surface area contributed by atoms with E-state index < -0.39 is 20.2 Å². The second-order valence-electron chi connectivity index (χ2n) is 3.50. The summed E-state index contributed by atoms with van der Waals surface area (Å²) in [6, 6.07) is 0. The molecule has 1 aliphatic heterocycles. The molecule has 1 aliphatic rings. The molecule has 0 spiro atoms. The van der Waals surface area contributed by atoms with Gasteiger partial charge in [-0.15, -0.1) is 0 Å². The Morgan fingerprint density at radius 1 is 0.833 bits per heavy atom. The summed E-state index contributed by atoms with van der Waals surface area (Å²) in [6.45, 7) is 0. The van der Waals surface area contributed by atoms with Crippen molar-refractivity contribution in [3.63, 3.8) is 0 Å². The zero-order chi connectivity index (χ0) is 13.8. The zero-order valence-corrected chi connectivity index (χ0v) is 13.9. The van der Waals surface area contributed by atoms with E-state index in [1.54, 1.807) is 0 Å². The maximum Gasteiger partial charge on any atom is 0.266 e. The van der Waals surface area contributed by atoms with Gasteiger partial charge in [-0.05, 0) is 0 Å². The van der Waals surface area contributed by atoms with Crippen molar-refractivity contribution in [3.05, 3.63) is 0 Å². The van der Waals surface area contributed by atoms with Crippen LogP contribution in [0.25, 0.3) is 0 Å². The summed E-state index contributed by atoms with van der Waals surface area (Å²) in [5, 5.41) is -0.599. The van der Waals surface area contributed by atoms with Crippen LogP contribution in [0.5, 0.6) is 0 Å². The minimum absolute atomic E-state index is 0.299. The fourth-order valence-electron chi connectivity index (χ4n) is 1.08. The molecule has 0 radical (unpaired) electrons. The number of hydrogen-bond acceptors (Lipinski definition) is 8. The first-order chi connectivity index (χ1) is 8.16. The van der Waals surface area contributed by atoms with Gasteiger partial charge in [0, 0.05) is 22.0 Å². The van der Waals surface area contributed by atoms with Crippen LogP contribution in [0.4, 0.5) is 0 Å². The van der Waals surface area contributed by atoms with Gasteiger partial charge in [0.15, 0.2) is 0 Å². The molecule has 12 heteroatoms. The van der Waals surface area contributed by atoms with Crippen molar-refractivity contribution in [1.29, 1.82) is 0 Å². The van der Waals surface area contributed by atoms with Gasteiger partial charge in [-0.25, -0.2) is 0 Å². The summed E-state index contributed by atoms with van der Waals surface area (Å²) in [5.74, 6) is 0.412. The number of hydrogen-bond donors (Lipinski definition) is 2. The molecule has 0 bridgehead atoms. The standard InChI is InChI=1S/C6H12O6S6/c7-17(8,9)3-5-1-13-14-2-6(16-15-5)4-18(10,11)12/h5-6H,1-4H2,(H,7,8,9)(H,10,11,12)/t5-,6-/m0/s1. The van der Waals surface area contributed by atoms with E-state index in [4.69, 9.17) is 9.11 Å². The van der Waals surface area contributed by atoms with Gasteiger partial charge in [0.2, 0.25) is 0 Å². The van der Waals surface area contributed by atoms with Crippen molar-refractivity contribution in [2.24, 2.45) is 0 Å². The van der Waals surface area contributed by atoms with E-state index in [1.807, 2.05) is 0 Å². The van der Waals surface area contributed by atoms with Crippen molar-refractivity contribution in [2.75, 3.05) is 23.0 Å². The molecule has 0 saturated carbocycles. The van der Waals surface area contributed by atoms with Gasteiger partial charge in [0.1, 0.15) is 0 Å². The second kappa shape index (κ2) is 7.29. The van der Waals surface area contributed by atoms with Gasteiger partial charge in [-0.2, -0.15) is 16.8 Å². The second-order valence-corrected chi connectivity index (χ2v) is 11.9. The fourth-order valence-corrected chi connectivity index (χ4v) is 11.0. The first-order valence-electron chi connectivity index (χ1n) is 4.62. The van der Waals surface area contributed by atoms with Gasteiger partial charge in [0.25, 0.3) is 20.2 Å². The highest BCUT2D eigenvalue weighted by Gasteiger charge is 2.25. The summed E-state index contributed by atoms with van der Waals surface area (Å²) in [6.07, 6.45) is 0. The minimum Gasteiger partial charge on any atom is -0.286 e. The monoisotopic (exact) mass is 372 g/mol. The Morgan fingerprint density at radius 2 is 1.17 bits per heavy atom. The fraction of sp³-hybridized carbons (Fsp3) is 1.00. The van der Waals surface area contributed by atoms with E-state index in [2.05, 4.69) is 0 Å². The average molecular weight is 373 g/mol. The molecule has 0 aliphatic carbocycles. The molecular formula is C6H12O6S6. The minimum atomic E-state index is -4.03. The summed E-state index contributed by atoms with van der Waals surface area (Å²) in [7, 11) is -2.70. The molecule has 1 rings (SSSR count). The third-order valence-electron chi connectivity index (χ3n) is 1.71. The Balaban J connectivity index is 2.55. The van der Waals surface area contributed by atoms with E-state index in [9.17, 15) is 16.8 Å². The van der Waals surface area contributed by atoms with Crippen LogP contribution in [0, 0.1) is 0 Å². The van der Waals surface area contributed by atoms with Crippen molar-refractivity contribution >= 4 is 63.4 Å². The first-order valence-corrected chi connectivity index (χ1v) is 12.6. The zero-order valence-electron chi connectivity index (χ0n) is 8.96. The molecule has 6 nitrogen and oxygen atoms in total. The Labute approximate surface area is 122 Å². The van der Waals surface area contributed by atoms with Crippen molar-refractivity contribution in [2.45, 2.75) is 10.5 Å². The van der Waals surface area contributed by atoms with Crippen LogP contribution in [0.15, 0.2) is 0 Å². The maximum atomic E-state index is 10.8. The molecule has 0 aromatic heterocycles. The quantitative estimate of drug-likeness (QED) is 0.553. The van der Waals surface area contributed by atoms with E-state index in [1.165, 1.54) is 43.2 Å². The van der Waals surface area contributed by atoms with Crippen LogP contribution in [-0.4, -0.2) is 59.5 Å². The average Bonchev–Trinajstić information content (AvgIpc) is 2.12. The van der Waals surface area contributed by atoms with Gasteiger partial charge in [-0.3, -0.25) is 9.11 Å². The lowest BCUT2D eigenvalue weighted by atomic mass is 10.5. The normalized spacial score (nSPS) is 27.4. The van der Waals surface area contributed by atoms with Gasteiger partial charge < -0.3 is 0 Å². The molecule has 108 valence electrons. The maximum absolute atomic E-state index is 10.8. The van der Waals surface area contributed by atoms with Crippen LogP contribution in [-0.2, 0) is 20.2 Å². The van der Waals surface area contributed by atoms with Crippen LogP contribution in [0.3, 0.4) is 0 Å². The molecular weight excluding hydrogens is 360 g/mol. The summed E-state index contributed by atoms with van der Waals surface area (Å²) < 4.78 is 60.7. The summed E-state index contributed by atoms with van der Waals surface area (Å²) in [4.78, 5) is 0. The van der Waals surface area contributed by atoms with Crippen LogP contribution >= 0.6 is 43.2 Å². The Bertz CT molecular complexity index is 413. The van der Waals surface area contributed by atoms with E-state index >= 15 is 0 Å². The molecule has 18 heavy (non-hydrogen) atoms. The van der Waals surface area contributed by atoms with Crippen LogP contribution < -0.4 is 0 Å². The third kappa shape index (κ3) is 8.40. The molecule has 1 saturated heterocycles. The summed E-state index contributed by atoms with van der Waals surface area (Å²) >= 11 is 0. The van der Waals surface area contributed by atoms with Gasteiger partial charge in [-0.1, -0.05) is 43.2 Å². The van der Waals surface area contributed by atoms with Crippen molar-refractivity contribution < 1.29 is 25.9 Å².